The number of carboxylic acids is 1. The molecule has 68 heavy (non-hydrogen) atoms. The van der Waals surface area contributed by atoms with Crippen LogP contribution in [0.15, 0.2) is 76.2 Å². The molecule has 9 rings (SSSR count). The number of carbonyl (C=O) groups excluding carboxylic acids is 2. The number of phenolic OH excluding ortho intramolecular Hbond substituents is 1. The number of aromatic carboxylic acids is 1. The molecule has 0 radical (unpaired) electrons. The molecule has 22 heteroatoms. The summed E-state index contributed by atoms with van der Waals surface area (Å²) in [5, 5.41) is 50.3. The Kier molecular flexibility index (Phi) is 13.2. The number of hydrogen-bond acceptors (Lipinski definition) is 17. The number of aliphatic hydroxyl groups is 1. The van der Waals surface area contributed by atoms with Crippen LogP contribution in [0.3, 0.4) is 0 Å². The first kappa shape index (κ1) is 45.2. The summed E-state index contributed by atoms with van der Waals surface area (Å²) in [6, 6.07) is 13.7. The van der Waals surface area contributed by atoms with Crippen LogP contribution in [-0.4, -0.2) is 147 Å². The first-order valence-electron chi connectivity index (χ1n) is 22.6. The number of rotatable bonds is 16. The van der Waals surface area contributed by atoms with Crippen LogP contribution in [0.5, 0.6) is 5.75 Å². The number of hydrogen-bond donors (Lipinski definition) is 4. The molecule has 2 amide bonds. The minimum atomic E-state index is -1.22. The molecule has 2 aromatic carbocycles. The third kappa shape index (κ3) is 10.0. The molecule has 2 fully saturated rings. The molecule has 0 spiro atoms. The fraction of sp³-hybridized carbons (Fsp3) is 0.370. The van der Waals surface area contributed by atoms with E-state index in [-0.39, 0.29) is 65.5 Å². The van der Waals surface area contributed by atoms with Gasteiger partial charge in [0.2, 0.25) is 29.7 Å². The van der Waals surface area contributed by atoms with Crippen molar-refractivity contribution in [2.75, 3.05) is 74.1 Å². The van der Waals surface area contributed by atoms with Crippen LogP contribution >= 0.6 is 0 Å². The van der Waals surface area contributed by atoms with Crippen molar-refractivity contribution in [2.24, 2.45) is 0 Å². The zero-order valence-electron chi connectivity index (χ0n) is 37.4. The monoisotopic (exact) mass is 926 g/mol. The number of anilines is 4. The third-order valence-corrected chi connectivity index (χ3v) is 12.1. The second-order valence-corrected chi connectivity index (χ2v) is 16.7. The number of fused-ring (bicyclic) bond motifs is 2. The Hall–Kier alpha value is -8.01. The lowest BCUT2D eigenvalue weighted by molar-refractivity contribution is -0.133. The maximum atomic E-state index is 13.4. The molecule has 0 bridgehead atoms. The van der Waals surface area contributed by atoms with Crippen LogP contribution in [0, 0.1) is 0 Å². The number of nitrogens with zero attached hydrogens (tertiary/aromatic N) is 13. The van der Waals surface area contributed by atoms with Crippen LogP contribution in [0.2, 0.25) is 0 Å². The quantitative estimate of drug-likeness (QED) is 0.0801. The smallest absolute Gasteiger partial charge is 0.336 e. The Morgan fingerprint density at radius 3 is 1.94 bits per heavy atom. The summed E-state index contributed by atoms with van der Waals surface area (Å²) in [6.07, 6.45) is 7.87. The van der Waals surface area contributed by atoms with Crippen molar-refractivity contribution in [1.29, 1.82) is 0 Å². The predicted octanol–water partition coefficient (Wildman–Crippen LogP) is 3.05. The van der Waals surface area contributed by atoms with Gasteiger partial charge in [0.25, 0.3) is 0 Å². The number of carboxylic acid groups (broad SMARTS) is 1. The fourth-order valence-electron chi connectivity index (χ4n) is 8.51. The van der Waals surface area contributed by atoms with Crippen LogP contribution in [-0.2, 0) is 35.5 Å². The van der Waals surface area contributed by atoms with Crippen molar-refractivity contribution in [1.82, 2.24) is 54.7 Å². The number of unbranched alkanes of at least 4 members (excludes halogenated alkanes) is 2. The number of aromatic nitrogens is 9. The second kappa shape index (κ2) is 19.8. The van der Waals surface area contributed by atoms with Gasteiger partial charge in [0.15, 0.2) is 5.43 Å². The summed E-state index contributed by atoms with van der Waals surface area (Å²) >= 11 is 0. The average Bonchev–Trinajstić information content (AvgIpc) is 3.99. The minimum Gasteiger partial charge on any atom is -0.508 e. The molecule has 3 aromatic heterocycles. The highest BCUT2D eigenvalue weighted by atomic mass is 16.4. The number of aliphatic hydroxyl groups excluding tert-OH is 1. The zero-order valence-corrected chi connectivity index (χ0v) is 37.4. The number of aromatic hydroxyl groups is 1. The van der Waals surface area contributed by atoms with E-state index in [0.717, 1.165) is 31.4 Å². The summed E-state index contributed by atoms with van der Waals surface area (Å²) in [4.78, 5) is 74.0. The summed E-state index contributed by atoms with van der Waals surface area (Å²) in [5.74, 6) is -0.418. The van der Waals surface area contributed by atoms with Crippen molar-refractivity contribution in [3.8, 4) is 28.2 Å². The van der Waals surface area contributed by atoms with Gasteiger partial charge in [-0.3, -0.25) is 14.4 Å². The van der Waals surface area contributed by atoms with Crippen LogP contribution < -0.4 is 20.5 Å². The van der Waals surface area contributed by atoms with Crippen molar-refractivity contribution in [3.63, 3.8) is 0 Å². The van der Waals surface area contributed by atoms with Gasteiger partial charge in [-0.2, -0.15) is 15.0 Å². The van der Waals surface area contributed by atoms with E-state index in [1.165, 1.54) is 35.0 Å². The third-order valence-electron chi connectivity index (χ3n) is 12.1. The SMILES string of the molecule is CCCCCc1cn(CC(=O)N2CCN(c3nc(Nc4ccc(-c5c6ccc(=O)cc-6oc6cc(O)ccc56)c(C(=O)O)c4)nc(N4CCN(C(=O)Cn5cc(CCO)nn5)CC4)n3)CC2)nn1. The van der Waals surface area contributed by atoms with E-state index in [2.05, 4.69) is 32.9 Å². The Balaban J connectivity index is 0.969. The summed E-state index contributed by atoms with van der Waals surface area (Å²) in [7, 11) is 0. The zero-order chi connectivity index (χ0) is 47.3. The molecule has 0 unspecified atom stereocenters. The van der Waals surface area contributed by atoms with Gasteiger partial charge in [-0.15, -0.1) is 10.2 Å². The highest BCUT2D eigenvalue weighted by molar-refractivity contribution is 6.08. The van der Waals surface area contributed by atoms with Gasteiger partial charge in [-0.05, 0) is 54.8 Å². The van der Waals surface area contributed by atoms with Gasteiger partial charge >= 0.3 is 5.97 Å². The Morgan fingerprint density at radius 2 is 1.34 bits per heavy atom. The molecular formula is C46H50N14O8. The molecule has 352 valence electrons. The van der Waals surface area contributed by atoms with Crippen molar-refractivity contribution in [2.45, 2.75) is 52.1 Å². The van der Waals surface area contributed by atoms with Gasteiger partial charge < -0.3 is 44.7 Å². The molecule has 5 aromatic rings. The number of aryl methyl sites for hydroxylation is 1. The van der Waals surface area contributed by atoms with Crippen molar-refractivity contribution >= 4 is 52.3 Å². The highest BCUT2D eigenvalue weighted by Gasteiger charge is 2.29. The lowest BCUT2D eigenvalue weighted by atomic mass is 9.90. The van der Waals surface area contributed by atoms with Crippen LogP contribution in [0.1, 0.15) is 47.9 Å². The first-order chi connectivity index (χ1) is 33.0. The first-order valence-corrected chi connectivity index (χ1v) is 22.6. The molecule has 4 aliphatic rings. The molecule has 0 atom stereocenters. The fourth-order valence-corrected chi connectivity index (χ4v) is 8.51. The molecular weight excluding hydrogens is 877 g/mol. The van der Waals surface area contributed by atoms with Crippen LogP contribution in [0.4, 0.5) is 23.5 Å². The maximum absolute atomic E-state index is 13.4. The molecule has 4 N–H and O–H groups in total. The topological polar surface area (TPSA) is 267 Å². The Bertz CT molecular complexity index is 2990. The molecule has 6 heterocycles. The lowest BCUT2D eigenvalue weighted by Gasteiger charge is -2.36. The Morgan fingerprint density at radius 1 is 0.721 bits per heavy atom. The molecule has 22 nitrogen and oxygen atoms in total. The van der Waals surface area contributed by atoms with E-state index >= 15 is 0 Å². The van der Waals surface area contributed by atoms with E-state index < -0.39 is 5.97 Å². The standard InChI is InChI=1S/C46H50N14O8/c1-2-3-4-5-30-25-59(53-51-30)27-40(64)55-13-17-57(18-14-55)45-48-44(49-46(50-45)58-19-15-56(16-20-58)41(65)28-60-26-31(12-21-61)52-54-60)47-29-6-9-34(37(22-29)43(66)67)42-35-10-7-32(62)23-38(35)68-39-24-33(63)8-11-36(39)42/h6-11,22-26,61-62H,2-5,12-21,27-28H2,1H3,(H,66,67)(H,47,48,49,50). The number of nitrogens with one attached hydrogen (secondary N) is 1. The Labute approximate surface area is 388 Å². The number of phenols is 1. The number of benzene rings is 3. The normalized spacial score (nSPS) is 14.3. The number of carbonyl (C=O) groups is 3. The van der Waals surface area contributed by atoms with E-state index in [4.69, 9.17) is 19.4 Å². The van der Waals surface area contributed by atoms with Gasteiger partial charge in [-0.1, -0.05) is 36.3 Å². The minimum absolute atomic E-state index is 0.00361. The maximum Gasteiger partial charge on any atom is 0.336 e. The van der Waals surface area contributed by atoms with Gasteiger partial charge in [0.05, 0.1) is 17.0 Å². The van der Waals surface area contributed by atoms with Crippen molar-refractivity contribution in [3.05, 3.63) is 94.2 Å². The van der Waals surface area contributed by atoms with Gasteiger partial charge in [0.1, 0.15) is 30.2 Å². The number of piperazine rings is 2. The van der Waals surface area contributed by atoms with E-state index in [1.54, 1.807) is 44.9 Å². The summed E-state index contributed by atoms with van der Waals surface area (Å²) in [6.45, 7) is 5.39. The molecule has 0 saturated carbocycles. The average molecular weight is 927 g/mol. The molecule has 1 aliphatic carbocycles. The summed E-state index contributed by atoms with van der Waals surface area (Å²) in [5.41, 5.74) is 3.10. The van der Waals surface area contributed by atoms with Gasteiger partial charge in [0, 0.05) is 112 Å². The van der Waals surface area contributed by atoms with Gasteiger partial charge in [-0.25, -0.2) is 14.2 Å². The summed E-state index contributed by atoms with van der Waals surface area (Å²) < 4.78 is 9.04. The second-order valence-electron chi connectivity index (χ2n) is 16.7. The largest absolute Gasteiger partial charge is 0.508 e. The van der Waals surface area contributed by atoms with E-state index in [0.29, 0.717) is 104 Å². The van der Waals surface area contributed by atoms with Crippen LogP contribution in [0.25, 0.3) is 33.4 Å². The molecule has 2 saturated heterocycles. The predicted molar refractivity (Wildman–Crippen MR) is 248 cm³/mol. The van der Waals surface area contributed by atoms with E-state index in [9.17, 15) is 34.5 Å². The highest BCUT2D eigenvalue weighted by Crippen LogP contribution is 2.42. The van der Waals surface area contributed by atoms with E-state index in [1.807, 2.05) is 16.0 Å². The molecule has 3 aliphatic heterocycles. The van der Waals surface area contributed by atoms with Crippen molar-refractivity contribution < 1.29 is 34.1 Å². The number of amides is 2. The lowest BCUT2D eigenvalue weighted by Crippen LogP contribution is -2.51.